The van der Waals surface area contributed by atoms with Crippen LogP contribution in [0.1, 0.15) is 25.3 Å². The third-order valence-electron chi connectivity index (χ3n) is 3.40. The van der Waals surface area contributed by atoms with Crippen LogP contribution < -0.4 is 10.2 Å². The average molecular weight is 236 g/mol. The fourth-order valence-electron chi connectivity index (χ4n) is 2.43. The molecule has 2 rings (SSSR count). The summed E-state index contributed by atoms with van der Waals surface area (Å²) in [4.78, 5) is 2.35. The van der Waals surface area contributed by atoms with Crippen LogP contribution in [0, 0.1) is 12.7 Å². The van der Waals surface area contributed by atoms with Crippen LogP contribution >= 0.6 is 0 Å². The first-order valence-electron chi connectivity index (χ1n) is 6.45. The minimum absolute atomic E-state index is 0.117. The summed E-state index contributed by atoms with van der Waals surface area (Å²) in [5.74, 6) is -0.117. The molecule has 1 aliphatic rings. The molecule has 1 N–H and O–H groups in total. The second-order valence-corrected chi connectivity index (χ2v) is 4.82. The summed E-state index contributed by atoms with van der Waals surface area (Å²) in [5.41, 5.74) is 1.87. The van der Waals surface area contributed by atoms with Crippen molar-refractivity contribution in [1.82, 2.24) is 5.32 Å². The molecule has 1 atom stereocenters. The van der Waals surface area contributed by atoms with E-state index in [1.165, 1.54) is 12.8 Å². The SMILES string of the molecule is CCCC1CN(c2ccc(F)c(C)c2)CCN1. The first-order valence-corrected chi connectivity index (χ1v) is 6.45. The number of anilines is 1. The molecule has 0 amide bonds. The second-order valence-electron chi connectivity index (χ2n) is 4.82. The molecule has 0 radical (unpaired) electrons. The fourth-order valence-corrected chi connectivity index (χ4v) is 2.43. The van der Waals surface area contributed by atoms with Crippen LogP contribution in [0.4, 0.5) is 10.1 Å². The molecular formula is C14H21FN2. The molecular weight excluding hydrogens is 215 g/mol. The summed E-state index contributed by atoms with van der Waals surface area (Å²) in [6.07, 6.45) is 2.41. The number of rotatable bonds is 3. The summed E-state index contributed by atoms with van der Waals surface area (Å²) in [6.45, 7) is 7.08. The van der Waals surface area contributed by atoms with E-state index in [2.05, 4.69) is 17.1 Å². The molecule has 3 heteroatoms. The summed E-state index contributed by atoms with van der Waals surface area (Å²) in [6, 6.07) is 5.97. The monoisotopic (exact) mass is 236 g/mol. The van der Waals surface area contributed by atoms with Crippen LogP contribution in [0.25, 0.3) is 0 Å². The van der Waals surface area contributed by atoms with Crippen molar-refractivity contribution in [1.29, 1.82) is 0 Å². The molecule has 94 valence electrons. The maximum absolute atomic E-state index is 13.2. The Morgan fingerprint density at radius 3 is 3.00 bits per heavy atom. The van der Waals surface area contributed by atoms with E-state index in [-0.39, 0.29) is 5.82 Å². The lowest BCUT2D eigenvalue weighted by Gasteiger charge is -2.35. The number of piperazine rings is 1. The Bertz CT molecular complexity index is 376. The summed E-state index contributed by atoms with van der Waals surface area (Å²) in [7, 11) is 0. The van der Waals surface area contributed by atoms with E-state index in [1.807, 2.05) is 19.1 Å². The van der Waals surface area contributed by atoms with Crippen LogP contribution in [0.5, 0.6) is 0 Å². The number of benzene rings is 1. The van der Waals surface area contributed by atoms with Gasteiger partial charge in [-0.15, -0.1) is 0 Å². The summed E-state index contributed by atoms with van der Waals surface area (Å²) >= 11 is 0. The maximum atomic E-state index is 13.2. The molecule has 2 nitrogen and oxygen atoms in total. The van der Waals surface area contributed by atoms with Crippen LogP contribution in [-0.2, 0) is 0 Å². The van der Waals surface area contributed by atoms with Crippen molar-refractivity contribution in [2.45, 2.75) is 32.7 Å². The van der Waals surface area contributed by atoms with Gasteiger partial charge in [0.15, 0.2) is 0 Å². The molecule has 1 saturated heterocycles. The van der Waals surface area contributed by atoms with Crippen LogP contribution in [0.15, 0.2) is 18.2 Å². The van der Waals surface area contributed by atoms with Gasteiger partial charge in [-0.3, -0.25) is 0 Å². The highest BCUT2D eigenvalue weighted by Crippen LogP contribution is 2.20. The van der Waals surface area contributed by atoms with Crippen molar-refractivity contribution in [2.24, 2.45) is 0 Å². The van der Waals surface area contributed by atoms with Crippen LogP contribution in [0.3, 0.4) is 0 Å². The number of nitrogens with one attached hydrogen (secondary N) is 1. The zero-order chi connectivity index (χ0) is 12.3. The van der Waals surface area contributed by atoms with E-state index in [0.29, 0.717) is 6.04 Å². The predicted octanol–water partition coefficient (Wildman–Crippen LogP) is 2.71. The zero-order valence-corrected chi connectivity index (χ0v) is 10.7. The molecule has 1 fully saturated rings. The van der Waals surface area contributed by atoms with Gasteiger partial charge < -0.3 is 10.2 Å². The minimum Gasteiger partial charge on any atom is -0.369 e. The maximum Gasteiger partial charge on any atom is 0.126 e. The largest absolute Gasteiger partial charge is 0.369 e. The van der Waals surface area contributed by atoms with Crippen molar-refractivity contribution in [3.8, 4) is 0 Å². The van der Waals surface area contributed by atoms with E-state index in [1.54, 1.807) is 6.07 Å². The normalized spacial score (nSPS) is 20.6. The number of hydrogen-bond donors (Lipinski definition) is 1. The van der Waals surface area contributed by atoms with Crippen molar-refractivity contribution in [3.63, 3.8) is 0 Å². The van der Waals surface area contributed by atoms with Gasteiger partial charge in [-0.05, 0) is 37.1 Å². The van der Waals surface area contributed by atoms with E-state index in [4.69, 9.17) is 0 Å². The van der Waals surface area contributed by atoms with Gasteiger partial charge >= 0.3 is 0 Å². The van der Waals surface area contributed by atoms with Crippen LogP contribution in [0.2, 0.25) is 0 Å². The van der Waals surface area contributed by atoms with Gasteiger partial charge in [-0.1, -0.05) is 13.3 Å². The van der Waals surface area contributed by atoms with E-state index >= 15 is 0 Å². The van der Waals surface area contributed by atoms with Gasteiger partial charge in [0, 0.05) is 31.4 Å². The van der Waals surface area contributed by atoms with Crippen molar-refractivity contribution < 1.29 is 4.39 Å². The molecule has 1 heterocycles. The van der Waals surface area contributed by atoms with Gasteiger partial charge in [0.1, 0.15) is 5.82 Å². The second kappa shape index (κ2) is 5.50. The fraction of sp³-hybridized carbons (Fsp3) is 0.571. The van der Waals surface area contributed by atoms with Crippen molar-refractivity contribution >= 4 is 5.69 Å². The van der Waals surface area contributed by atoms with Crippen LogP contribution in [-0.4, -0.2) is 25.7 Å². The molecule has 0 spiro atoms. The average Bonchev–Trinajstić information content (AvgIpc) is 2.33. The van der Waals surface area contributed by atoms with Gasteiger partial charge in [0.05, 0.1) is 0 Å². The highest BCUT2D eigenvalue weighted by Gasteiger charge is 2.18. The lowest BCUT2D eigenvalue weighted by molar-refractivity contribution is 0.430. The number of hydrogen-bond acceptors (Lipinski definition) is 2. The highest BCUT2D eigenvalue weighted by atomic mass is 19.1. The van der Waals surface area contributed by atoms with E-state index < -0.39 is 0 Å². The Hall–Kier alpha value is -1.09. The first-order chi connectivity index (χ1) is 8.20. The van der Waals surface area contributed by atoms with E-state index in [0.717, 1.165) is 30.9 Å². The number of aryl methyl sites for hydroxylation is 1. The Kier molecular flexibility index (Phi) is 4.00. The molecule has 17 heavy (non-hydrogen) atoms. The van der Waals surface area contributed by atoms with E-state index in [9.17, 15) is 4.39 Å². The molecule has 1 aliphatic heterocycles. The molecule has 0 bridgehead atoms. The Balaban J connectivity index is 2.08. The standard InChI is InChI=1S/C14H21FN2/c1-3-4-12-10-17(8-7-16-12)13-5-6-14(15)11(2)9-13/h5-6,9,12,16H,3-4,7-8,10H2,1-2H3. The van der Waals surface area contributed by atoms with Gasteiger partial charge in [-0.25, -0.2) is 4.39 Å². The molecule has 0 aliphatic carbocycles. The third kappa shape index (κ3) is 2.97. The third-order valence-corrected chi connectivity index (χ3v) is 3.40. The minimum atomic E-state index is -0.117. The molecule has 1 unspecified atom stereocenters. The lowest BCUT2D eigenvalue weighted by Crippen LogP contribution is -2.50. The number of nitrogens with zero attached hydrogens (tertiary/aromatic N) is 1. The van der Waals surface area contributed by atoms with Crippen molar-refractivity contribution in [3.05, 3.63) is 29.6 Å². The summed E-state index contributed by atoms with van der Waals surface area (Å²) in [5, 5.41) is 3.53. The predicted molar refractivity (Wildman–Crippen MR) is 70.0 cm³/mol. The zero-order valence-electron chi connectivity index (χ0n) is 10.7. The molecule has 1 aromatic carbocycles. The Morgan fingerprint density at radius 1 is 1.47 bits per heavy atom. The van der Waals surface area contributed by atoms with Gasteiger partial charge in [0.2, 0.25) is 0 Å². The quantitative estimate of drug-likeness (QED) is 0.868. The Morgan fingerprint density at radius 2 is 2.29 bits per heavy atom. The lowest BCUT2D eigenvalue weighted by atomic mass is 10.1. The van der Waals surface area contributed by atoms with Gasteiger partial charge in [-0.2, -0.15) is 0 Å². The molecule has 0 saturated carbocycles. The topological polar surface area (TPSA) is 15.3 Å². The Labute approximate surface area is 103 Å². The smallest absolute Gasteiger partial charge is 0.126 e. The highest BCUT2D eigenvalue weighted by molar-refractivity contribution is 5.49. The van der Waals surface area contributed by atoms with Crippen molar-refractivity contribution in [2.75, 3.05) is 24.5 Å². The summed E-state index contributed by atoms with van der Waals surface area (Å²) < 4.78 is 13.2. The number of halogens is 1. The van der Waals surface area contributed by atoms with Gasteiger partial charge in [0.25, 0.3) is 0 Å². The molecule has 0 aromatic heterocycles. The first kappa shape index (κ1) is 12.4. The molecule has 1 aromatic rings.